The zero-order valence-electron chi connectivity index (χ0n) is 54.9. The summed E-state index contributed by atoms with van der Waals surface area (Å²) in [5.74, 6) is -10.5. The summed E-state index contributed by atoms with van der Waals surface area (Å²) in [6, 6.07) is 9.74. The van der Waals surface area contributed by atoms with Crippen molar-refractivity contribution < 1.29 is 71.7 Å². The molecular weight excluding hydrogens is 1340 g/mol. The number of rotatable bonds is 14. The number of carbonyl (C=O) groups excluding carboxylic acids is 10. The number of nitrogens with one attached hydrogen (secondary N) is 12. The average Bonchev–Trinajstić information content (AvgIpc) is 1.57. The van der Waals surface area contributed by atoms with E-state index in [9.17, 15) is 52.6 Å². The Morgan fingerprint density at radius 2 is 1.26 bits per heavy atom. The Hall–Kier alpha value is -9.63. The highest BCUT2D eigenvalue weighted by Crippen LogP contribution is 2.32. The van der Waals surface area contributed by atoms with Crippen LogP contribution in [0.3, 0.4) is 0 Å². The van der Waals surface area contributed by atoms with Crippen LogP contribution in [0.25, 0.3) is 21.8 Å². The molecule has 28 nitrogen and oxygen atoms in total. The van der Waals surface area contributed by atoms with Crippen LogP contribution in [-0.4, -0.2) is 188 Å². The molecule has 10 amide bonds. The fourth-order valence-electron chi connectivity index (χ4n) is 12.4. The molecule has 100 heavy (non-hydrogen) atoms. The predicted octanol–water partition coefficient (Wildman–Crippen LogP) is 0.730. The van der Waals surface area contributed by atoms with Crippen molar-refractivity contribution in [3.63, 3.8) is 0 Å². The molecular formula is C68H83F2N15O13S2. The first-order valence-electron chi connectivity index (χ1n) is 32.8. The molecule has 4 aromatic carbocycles. The van der Waals surface area contributed by atoms with Gasteiger partial charge < -0.3 is 89.7 Å². The fourth-order valence-corrected chi connectivity index (χ4v) is 14.3. The number of carboxylic acids is 1. The maximum absolute atomic E-state index is 15.2. The van der Waals surface area contributed by atoms with Crippen LogP contribution in [0.4, 0.5) is 8.78 Å². The molecule has 5 heterocycles. The van der Waals surface area contributed by atoms with Crippen molar-refractivity contribution in [1.82, 2.24) is 68.0 Å². The average molecular weight is 1420 g/mol. The van der Waals surface area contributed by atoms with Crippen LogP contribution in [0.2, 0.25) is 0 Å². The molecule has 6 aromatic rings. The number of nitrogens with two attached hydrogens (primary N) is 2. The number of amides is 10. The third kappa shape index (κ3) is 20.3. The minimum Gasteiger partial charge on any atom is -0.508 e. The summed E-state index contributed by atoms with van der Waals surface area (Å²) in [5.41, 5.74) is 13.8. The zero-order valence-corrected chi connectivity index (χ0v) is 56.5. The number of aliphatic carboxylic acids is 1. The molecule has 2 saturated heterocycles. The first-order chi connectivity index (χ1) is 47.9. The molecule has 18 N–H and O–H groups in total. The number of benzene rings is 4. The number of aromatic amines is 2. The Morgan fingerprint density at radius 1 is 0.670 bits per heavy atom. The quantitative estimate of drug-likeness (QED) is 0.0715. The minimum atomic E-state index is -2.01. The Balaban J connectivity index is 1.05. The number of carboxylic acid groups (broad SMARTS) is 1. The van der Waals surface area contributed by atoms with Crippen molar-refractivity contribution in [3.8, 4) is 5.75 Å². The maximum Gasteiger partial charge on any atom is 0.305 e. The number of halogens is 2. The smallest absolute Gasteiger partial charge is 0.305 e. The van der Waals surface area contributed by atoms with E-state index in [1.807, 2.05) is 24.3 Å². The van der Waals surface area contributed by atoms with Crippen molar-refractivity contribution in [3.05, 3.63) is 137 Å². The Morgan fingerprint density at radius 3 is 1.88 bits per heavy atom. The first-order valence-corrected chi connectivity index (χ1v) is 35.1. The van der Waals surface area contributed by atoms with E-state index in [1.165, 1.54) is 108 Å². The van der Waals surface area contributed by atoms with Gasteiger partial charge in [0, 0.05) is 109 Å². The van der Waals surface area contributed by atoms with Crippen molar-refractivity contribution in [1.29, 1.82) is 0 Å². The zero-order chi connectivity index (χ0) is 71.6. The second-order valence-electron chi connectivity index (χ2n) is 25.2. The molecule has 3 aliphatic rings. The van der Waals surface area contributed by atoms with E-state index in [4.69, 9.17) is 11.5 Å². The predicted molar refractivity (Wildman–Crippen MR) is 369 cm³/mol. The number of nitrogens with zero attached hydrogens (tertiary/aromatic N) is 1. The van der Waals surface area contributed by atoms with Gasteiger partial charge in [0.1, 0.15) is 65.2 Å². The standard InChI is InChI=1S/C68H83F2N15O13S2/c1-68-17-4-19-85(68)66(97)55(22-37-8-12-45(86)13-9-37)83-64(95)53(27-44-31-73-36-77-44)81-65(96)54(28-59(89)90)82-63(94)52(24-41-30-75-49-15-11-43(70)26-47(41)49)80-62(93)51(23-40-29-74-48-14-10-42(69)25-46(40)48)79-58(88)32-76-61(92)50(7-3-18-71)78-57(87)16-20-99-33-38-5-2-6-39(21-38)34-100-35-56(60(72)91)84-67(68)98/h2,5-6,8-15,21,25-26,29-30,44,50-56,73-75,77,86H,3-4,7,16-20,22-24,27-28,31-36,71H2,1H3,(H2,72,91)(H,76,92)(H,78,87)(H,79,88)(H,80,93)(H,81,96)(H,82,94)(H,83,95)(H,84,98)(H,89,90)/t44?,50-,51+,52+,53+,54+,55+,56+,68+/m1/s1. The van der Waals surface area contributed by atoms with Gasteiger partial charge in [-0.25, -0.2) is 8.78 Å². The van der Waals surface area contributed by atoms with E-state index in [0.29, 0.717) is 64.3 Å². The molecule has 3 aliphatic heterocycles. The summed E-state index contributed by atoms with van der Waals surface area (Å²) in [4.78, 5) is 164. The summed E-state index contributed by atoms with van der Waals surface area (Å²) in [7, 11) is 0. The van der Waals surface area contributed by atoms with Crippen LogP contribution < -0.4 is 64.6 Å². The van der Waals surface area contributed by atoms with E-state index >= 15 is 19.2 Å². The lowest BCUT2D eigenvalue weighted by molar-refractivity contribution is -0.147. The van der Waals surface area contributed by atoms with Crippen LogP contribution in [-0.2, 0) is 83.5 Å². The van der Waals surface area contributed by atoms with Crippen molar-refractivity contribution >= 4 is 110 Å². The second kappa shape index (κ2) is 34.9. The molecule has 2 fully saturated rings. The van der Waals surface area contributed by atoms with Crippen LogP contribution in [0.15, 0.2) is 97.3 Å². The van der Waals surface area contributed by atoms with Crippen molar-refractivity contribution in [2.75, 3.05) is 44.4 Å². The topological polar surface area (TPSA) is 435 Å². The van der Waals surface area contributed by atoms with Crippen molar-refractivity contribution in [2.45, 2.75) is 137 Å². The Kier molecular flexibility index (Phi) is 26.0. The Labute approximate surface area is 582 Å². The highest BCUT2D eigenvalue weighted by molar-refractivity contribution is 7.98. The molecule has 0 spiro atoms. The number of aromatic hydroxyl groups is 1. The molecule has 0 saturated carbocycles. The number of phenols is 1. The monoisotopic (exact) mass is 1420 g/mol. The fraction of sp³-hybridized carbons (Fsp3) is 0.426. The lowest BCUT2D eigenvalue weighted by atomic mass is 9.95. The number of phenolic OH excluding ortho intramolecular Hbond substituents is 1. The van der Waals surface area contributed by atoms with Gasteiger partial charge in [-0.1, -0.05) is 36.4 Å². The van der Waals surface area contributed by atoms with E-state index in [-0.39, 0.29) is 80.6 Å². The molecule has 0 aliphatic carbocycles. The largest absolute Gasteiger partial charge is 0.508 e. The number of H-pyrrole nitrogens is 2. The molecule has 0 radical (unpaired) electrons. The number of primary amides is 1. The summed E-state index contributed by atoms with van der Waals surface area (Å²) in [6.45, 7) is 1.56. The van der Waals surface area contributed by atoms with E-state index < -0.39 is 150 Å². The van der Waals surface area contributed by atoms with Gasteiger partial charge in [-0.2, -0.15) is 23.5 Å². The van der Waals surface area contributed by atoms with Gasteiger partial charge in [-0.05, 0) is 122 Å². The SMILES string of the molecule is C[C@@]12CCCN1C(=O)[C@H](Cc1ccc(O)cc1)NC(=O)[C@H](CC1CNCN1)NC(=O)[C@H](CC(=O)O)NC(=O)[C@H](Cc1c[nH]c3ccc(F)cc13)NC(=O)[C@H](Cc1c[nH]c3ccc(F)cc13)NC(=O)CNC(=O)[C@@H](CCCN)NC(=O)CCSCc1cccc(c1)CSC[C@@H](C(N)=O)NC2=O. The lowest BCUT2D eigenvalue weighted by Gasteiger charge is -2.37. The van der Waals surface area contributed by atoms with E-state index in [2.05, 4.69) is 63.1 Å². The minimum absolute atomic E-state index is 0.00422. The molecule has 534 valence electrons. The van der Waals surface area contributed by atoms with E-state index in [1.54, 1.807) is 0 Å². The summed E-state index contributed by atoms with van der Waals surface area (Å²) in [6.07, 6.45) is 1.45. The molecule has 2 aromatic heterocycles. The number of aromatic nitrogens is 2. The lowest BCUT2D eigenvalue weighted by Crippen LogP contribution is -2.63. The van der Waals surface area contributed by atoms with Crippen molar-refractivity contribution in [2.24, 2.45) is 11.5 Å². The van der Waals surface area contributed by atoms with Gasteiger partial charge in [0.15, 0.2) is 0 Å². The normalized spacial score (nSPS) is 24.4. The number of hydrogen-bond acceptors (Lipinski definition) is 17. The summed E-state index contributed by atoms with van der Waals surface area (Å²) in [5, 5.41) is 48.5. The molecule has 9 atom stereocenters. The van der Waals surface area contributed by atoms with E-state index in [0.717, 1.165) is 11.1 Å². The van der Waals surface area contributed by atoms with Gasteiger partial charge in [0.2, 0.25) is 59.1 Å². The number of thioether (sulfide) groups is 2. The van der Waals surface area contributed by atoms with Crippen LogP contribution >= 0.6 is 23.5 Å². The van der Waals surface area contributed by atoms with Gasteiger partial charge >= 0.3 is 5.97 Å². The van der Waals surface area contributed by atoms with Crippen LogP contribution in [0.5, 0.6) is 5.75 Å². The molecule has 1 unspecified atom stereocenters. The number of hydrogen-bond donors (Lipinski definition) is 16. The third-order valence-corrected chi connectivity index (χ3v) is 19.9. The van der Waals surface area contributed by atoms with Gasteiger partial charge in [-0.15, -0.1) is 0 Å². The highest BCUT2D eigenvalue weighted by Gasteiger charge is 2.49. The maximum atomic E-state index is 15.2. The summed E-state index contributed by atoms with van der Waals surface area (Å²) < 4.78 is 29.8. The molecule has 9 rings (SSSR count). The first kappa shape index (κ1) is 74.6. The second-order valence-corrected chi connectivity index (χ2v) is 27.4. The van der Waals surface area contributed by atoms with Crippen LogP contribution in [0, 0.1) is 11.6 Å². The molecule has 32 heteroatoms. The third-order valence-electron chi connectivity index (χ3n) is 17.8. The highest BCUT2D eigenvalue weighted by atomic mass is 32.2. The van der Waals surface area contributed by atoms with Gasteiger partial charge in [0.05, 0.1) is 13.0 Å². The number of carbonyl (C=O) groups is 11. The van der Waals surface area contributed by atoms with Gasteiger partial charge in [0.25, 0.3) is 0 Å². The Bertz CT molecular complexity index is 3990. The molecule has 2 bridgehead atoms. The van der Waals surface area contributed by atoms with Gasteiger partial charge in [-0.3, -0.25) is 52.7 Å². The van der Waals surface area contributed by atoms with Crippen LogP contribution in [0.1, 0.15) is 79.7 Å². The summed E-state index contributed by atoms with van der Waals surface area (Å²) >= 11 is 2.79. The number of fused-ring (bicyclic) bond motifs is 5.